The summed E-state index contributed by atoms with van der Waals surface area (Å²) in [6.07, 6.45) is 8.72. The largest absolute Gasteiger partial charge is 0.490 e. The molecule has 1 fully saturated rings. The molecular weight excluding hydrogens is 260 g/mol. The van der Waals surface area contributed by atoms with E-state index in [0.29, 0.717) is 11.8 Å². The second-order valence-corrected chi connectivity index (χ2v) is 5.86. The summed E-state index contributed by atoms with van der Waals surface area (Å²) in [5.74, 6) is 2.20. The molecule has 0 amide bonds. The van der Waals surface area contributed by atoms with Gasteiger partial charge >= 0.3 is 0 Å². The van der Waals surface area contributed by atoms with E-state index in [0.717, 1.165) is 16.9 Å². The lowest BCUT2D eigenvalue weighted by atomic mass is 9.95. The van der Waals surface area contributed by atoms with E-state index in [9.17, 15) is 0 Å². The molecule has 2 N–H and O–H groups in total. The monoisotopic (exact) mass is 282 g/mol. The van der Waals surface area contributed by atoms with Crippen LogP contribution in [-0.2, 0) is 0 Å². The normalized spacial score (nSPS) is 22.9. The molecule has 2 unspecified atom stereocenters. The first-order valence-electron chi connectivity index (χ1n) is 6.64. The molecule has 2 rings (SSSR count). The molecule has 1 aliphatic rings. The lowest BCUT2D eigenvalue weighted by Crippen LogP contribution is -2.29. The van der Waals surface area contributed by atoms with Crippen molar-refractivity contribution < 1.29 is 4.74 Å². The molecule has 1 saturated carbocycles. The highest BCUT2D eigenvalue weighted by Crippen LogP contribution is 2.33. The van der Waals surface area contributed by atoms with E-state index in [1.54, 1.807) is 13.4 Å². The maximum absolute atomic E-state index is 5.41. The molecule has 2 atom stereocenters. The van der Waals surface area contributed by atoms with Gasteiger partial charge in [0.25, 0.3) is 0 Å². The first-order chi connectivity index (χ1) is 9.28. The summed E-state index contributed by atoms with van der Waals surface area (Å²) in [7, 11) is 3.48. The Balaban J connectivity index is 2.10. The van der Waals surface area contributed by atoms with Crippen molar-refractivity contribution in [3.63, 3.8) is 0 Å². The zero-order chi connectivity index (χ0) is 13.7. The van der Waals surface area contributed by atoms with E-state index in [1.165, 1.54) is 25.7 Å². The highest BCUT2D eigenvalue weighted by atomic mass is 32.2. The van der Waals surface area contributed by atoms with Gasteiger partial charge in [-0.25, -0.2) is 9.97 Å². The van der Waals surface area contributed by atoms with Crippen LogP contribution in [0.3, 0.4) is 0 Å². The average Bonchev–Trinajstić information content (AvgIpc) is 2.47. The van der Waals surface area contributed by atoms with Crippen molar-refractivity contribution in [1.82, 2.24) is 9.97 Å². The number of nitrogens with zero attached hydrogens (tertiary/aromatic N) is 2. The van der Waals surface area contributed by atoms with Gasteiger partial charge in [0.1, 0.15) is 6.33 Å². The quantitative estimate of drug-likeness (QED) is 0.866. The standard InChI is InChI=1S/C13H22N4OS/c1-14-12-11(18-2)13(16-8-15-12)17-9-5-4-6-10(7-9)19-3/h8-10H,4-7H2,1-3H3,(H2,14,15,16,17). The zero-order valence-corrected chi connectivity index (χ0v) is 12.6. The van der Waals surface area contributed by atoms with Gasteiger partial charge in [-0.3, -0.25) is 0 Å². The van der Waals surface area contributed by atoms with Gasteiger partial charge in [-0.2, -0.15) is 11.8 Å². The van der Waals surface area contributed by atoms with Crippen LogP contribution in [0.2, 0.25) is 0 Å². The van der Waals surface area contributed by atoms with Gasteiger partial charge in [0, 0.05) is 18.3 Å². The number of hydrogen-bond acceptors (Lipinski definition) is 6. The van der Waals surface area contributed by atoms with Crippen LogP contribution in [0.4, 0.5) is 11.6 Å². The first-order valence-corrected chi connectivity index (χ1v) is 7.93. The van der Waals surface area contributed by atoms with Crippen molar-refractivity contribution in [2.24, 2.45) is 0 Å². The minimum atomic E-state index is 0.472. The Morgan fingerprint density at radius 1 is 1.32 bits per heavy atom. The number of aromatic nitrogens is 2. The maximum atomic E-state index is 5.41. The number of hydrogen-bond donors (Lipinski definition) is 2. The molecule has 19 heavy (non-hydrogen) atoms. The third-order valence-corrected chi connectivity index (χ3v) is 4.64. The first kappa shape index (κ1) is 14.2. The molecule has 0 aliphatic heterocycles. The molecule has 0 aromatic carbocycles. The SMILES string of the molecule is CNc1ncnc(NC2CCCC(SC)C2)c1OC. The Morgan fingerprint density at radius 2 is 2.11 bits per heavy atom. The third kappa shape index (κ3) is 3.43. The predicted molar refractivity (Wildman–Crippen MR) is 81.3 cm³/mol. The molecule has 1 aromatic heterocycles. The third-order valence-electron chi connectivity index (χ3n) is 3.55. The van der Waals surface area contributed by atoms with Crippen molar-refractivity contribution in [3.8, 4) is 5.75 Å². The topological polar surface area (TPSA) is 59.1 Å². The van der Waals surface area contributed by atoms with Gasteiger partial charge in [-0.15, -0.1) is 0 Å². The summed E-state index contributed by atoms with van der Waals surface area (Å²) in [4.78, 5) is 8.47. The predicted octanol–water partition coefficient (Wildman–Crippen LogP) is 2.61. The smallest absolute Gasteiger partial charge is 0.204 e. The second-order valence-electron chi connectivity index (χ2n) is 4.72. The van der Waals surface area contributed by atoms with E-state index in [-0.39, 0.29) is 0 Å². The van der Waals surface area contributed by atoms with Crippen LogP contribution in [0.25, 0.3) is 0 Å². The summed E-state index contributed by atoms with van der Waals surface area (Å²) in [5, 5.41) is 7.29. The van der Waals surface area contributed by atoms with Crippen LogP contribution in [0, 0.1) is 0 Å². The molecular formula is C13H22N4OS. The van der Waals surface area contributed by atoms with Crippen LogP contribution in [0.15, 0.2) is 6.33 Å². The number of rotatable bonds is 5. The number of thioether (sulfide) groups is 1. The van der Waals surface area contributed by atoms with Crippen LogP contribution in [-0.4, -0.2) is 41.7 Å². The van der Waals surface area contributed by atoms with Gasteiger partial charge in [-0.1, -0.05) is 6.42 Å². The maximum Gasteiger partial charge on any atom is 0.204 e. The molecule has 1 aliphatic carbocycles. The fourth-order valence-electron chi connectivity index (χ4n) is 2.53. The van der Waals surface area contributed by atoms with Crippen molar-refractivity contribution in [2.45, 2.75) is 37.0 Å². The minimum absolute atomic E-state index is 0.472. The van der Waals surface area contributed by atoms with Crippen LogP contribution >= 0.6 is 11.8 Å². The summed E-state index contributed by atoms with van der Waals surface area (Å²) in [6, 6.07) is 0.472. The van der Waals surface area contributed by atoms with E-state index in [4.69, 9.17) is 4.74 Å². The van der Waals surface area contributed by atoms with Crippen molar-refractivity contribution in [3.05, 3.63) is 6.33 Å². The number of anilines is 2. The Labute approximate surface area is 118 Å². The van der Waals surface area contributed by atoms with Gasteiger partial charge in [0.05, 0.1) is 7.11 Å². The average molecular weight is 282 g/mol. The molecule has 1 heterocycles. The lowest BCUT2D eigenvalue weighted by Gasteiger charge is -2.29. The van der Waals surface area contributed by atoms with Crippen molar-refractivity contribution in [1.29, 1.82) is 0 Å². The molecule has 106 valence electrons. The van der Waals surface area contributed by atoms with E-state index in [1.807, 2.05) is 18.8 Å². The van der Waals surface area contributed by atoms with E-state index >= 15 is 0 Å². The van der Waals surface area contributed by atoms with Gasteiger partial charge < -0.3 is 15.4 Å². The van der Waals surface area contributed by atoms with Gasteiger partial charge in [0.15, 0.2) is 11.6 Å². The highest BCUT2D eigenvalue weighted by Gasteiger charge is 2.23. The van der Waals surface area contributed by atoms with Crippen LogP contribution < -0.4 is 15.4 Å². The molecule has 5 nitrogen and oxygen atoms in total. The number of methoxy groups -OCH3 is 1. The van der Waals surface area contributed by atoms with Crippen molar-refractivity contribution >= 4 is 23.4 Å². The number of nitrogens with one attached hydrogen (secondary N) is 2. The summed E-state index contributed by atoms with van der Waals surface area (Å²) in [5.41, 5.74) is 0. The summed E-state index contributed by atoms with van der Waals surface area (Å²) in [6.45, 7) is 0. The van der Waals surface area contributed by atoms with Crippen molar-refractivity contribution in [2.75, 3.05) is 31.0 Å². The Bertz CT molecular complexity index is 416. The summed E-state index contributed by atoms with van der Waals surface area (Å²) < 4.78 is 5.41. The molecule has 0 bridgehead atoms. The molecule has 0 radical (unpaired) electrons. The Hall–Kier alpha value is -1.17. The van der Waals surface area contributed by atoms with Gasteiger partial charge in [0.2, 0.25) is 5.75 Å². The highest BCUT2D eigenvalue weighted by molar-refractivity contribution is 7.99. The van der Waals surface area contributed by atoms with E-state index < -0.39 is 0 Å². The molecule has 0 spiro atoms. The molecule has 1 aromatic rings. The molecule has 0 saturated heterocycles. The minimum Gasteiger partial charge on any atom is -0.490 e. The van der Waals surface area contributed by atoms with Gasteiger partial charge in [-0.05, 0) is 25.5 Å². The van der Waals surface area contributed by atoms with Crippen LogP contribution in [0.1, 0.15) is 25.7 Å². The summed E-state index contributed by atoms with van der Waals surface area (Å²) >= 11 is 1.96. The zero-order valence-electron chi connectivity index (χ0n) is 11.8. The molecule has 6 heteroatoms. The second kappa shape index (κ2) is 6.84. The fraction of sp³-hybridized carbons (Fsp3) is 0.692. The Morgan fingerprint density at radius 3 is 2.79 bits per heavy atom. The Kier molecular flexibility index (Phi) is 5.13. The number of ether oxygens (including phenoxy) is 1. The van der Waals surface area contributed by atoms with Crippen LogP contribution in [0.5, 0.6) is 5.75 Å². The lowest BCUT2D eigenvalue weighted by molar-refractivity contribution is 0.411. The van der Waals surface area contributed by atoms with E-state index in [2.05, 4.69) is 26.9 Å². The fourth-order valence-corrected chi connectivity index (χ4v) is 3.36.